The SMILES string of the molecule is CN(Cc1cccc(O)c1)C(=O)Nc1sccc1C(=O)O. The van der Waals surface area contributed by atoms with Gasteiger partial charge in [0.2, 0.25) is 0 Å². The van der Waals surface area contributed by atoms with Gasteiger partial charge < -0.3 is 15.1 Å². The molecule has 0 saturated carbocycles. The molecule has 2 aromatic rings. The molecular formula is C14H14N2O4S. The molecule has 0 bridgehead atoms. The number of rotatable bonds is 4. The fourth-order valence-electron chi connectivity index (χ4n) is 1.77. The maximum atomic E-state index is 12.0. The van der Waals surface area contributed by atoms with Crippen molar-refractivity contribution in [2.45, 2.75) is 6.54 Å². The minimum atomic E-state index is -1.08. The van der Waals surface area contributed by atoms with Crippen LogP contribution in [0.15, 0.2) is 35.7 Å². The molecule has 0 saturated heterocycles. The van der Waals surface area contributed by atoms with Gasteiger partial charge in [-0.1, -0.05) is 12.1 Å². The molecule has 7 heteroatoms. The monoisotopic (exact) mass is 306 g/mol. The highest BCUT2D eigenvalue weighted by atomic mass is 32.1. The summed E-state index contributed by atoms with van der Waals surface area (Å²) in [6.45, 7) is 0.300. The largest absolute Gasteiger partial charge is 0.508 e. The van der Waals surface area contributed by atoms with E-state index in [0.29, 0.717) is 11.5 Å². The lowest BCUT2D eigenvalue weighted by Gasteiger charge is -2.17. The number of hydrogen-bond donors (Lipinski definition) is 3. The maximum absolute atomic E-state index is 12.0. The van der Waals surface area contributed by atoms with Crippen LogP contribution in [0.25, 0.3) is 0 Å². The molecule has 0 atom stereocenters. The van der Waals surface area contributed by atoms with E-state index < -0.39 is 12.0 Å². The zero-order valence-corrected chi connectivity index (χ0v) is 12.1. The zero-order valence-electron chi connectivity index (χ0n) is 11.2. The molecule has 1 aromatic carbocycles. The second-order valence-electron chi connectivity index (χ2n) is 4.42. The molecule has 0 radical (unpaired) electrons. The Bertz CT molecular complexity index is 668. The third-order valence-corrected chi connectivity index (χ3v) is 3.62. The molecule has 21 heavy (non-hydrogen) atoms. The van der Waals surface area contributed by atoms with Crippen molar-refractivity contribution in [2.24, 2.45) is 0 Å². The van der Waals surface area contributed by atoms with Gasteiger partial charge in [0.1, 0.15) is 10.8 Å². The Balaban J connectivity index is 2.03. The molecular weight excluding hydrogens is 292 g/mol. The summed E-state index contributed by atoms with van der Waals surface area (Å²) in [7, 11) is 1.59. The number of aromatic hydroxyl groups is 1. The number of carbonyl (C=O) groups is 2. The van der Waals surface area contributed by atoms with E-state index in [4.69, 9.17) is 5.11 Å². The van der Waals surface area contributed by atoms with Crippen LogP contribution in [0, 0.1) is 0 Å². The number of nitrogens with one attached hydrogen (secondary N) is 1. The van der Waals surface area contributed by atoms with Crippen molar-refractivity contribution in [3.63, 3.8) is 0 Å². The number of hydrogen-bond acceptors (Lipinski definition) is 4. The quantitative estimate of drug-likeness (QED) is 0.810. The molecule has 0 aliphatic heterocycles. The van der Waals surface area contributed by atoms with Crippen molar-refractivity contribution in [3.8, 4) is 5.75 Å². The van der Waals surface area contributed by atoms with Gasteiger partial charge in [-0.15, -0.1) is 11.3 Å². The molecule has 2 rings (SSSR count). The van der Waals surface area contributed by atoms with Crippen LogP contribution in [0.2, 0.25) is 0 Å². The normalized spacial score (nSPS) is 10.1. The van der Waals surface area contributed by atoms with Crippen LogP contribution in [-0.2, 0) is 6.54 Å². The molecule has 0 aliphatic rings. The van der Waals surface area contributed by atoms with Crippen molar-refractivity contribution in [2.75, 3.05) is 12.4 Å². The first-order valence-corrected chi connectivity index (χ1v) is 6.96. The third-order valence-electron chi connectivity index (χ3n) is 2.79. The van der Waals surface area contributed by atoms with Crippen LogP contribution in [-0.4, -0.2) is 34.2 Å². The summed E-state index contributed by atoms with van der Waals surface area (Å²) >= 11 is 1.15. The lowest BCUT2D eigenvalue weighted by atomic mass is 10.2. The minimum absolute atomic E-state index is 0.0686. The van der Waals surface area contributed by atoms with Crippen LogP contribution in [0.4, 0.5) is 9.80 Å². The number of aromatic carboxylic acids is 1. The number of carboxylic acid groups (broad SMARTS) is 1. The highest BCUT2D eigenvalue weighted by Crippen LogP contribution is 2.23. The van der Waals surface area contributed by atoms with E-state index in [1.54, 1.807) is 36.7 Å². The van der Waals surface area contributed by atoms with E-state index in [1.807, 2.05) is 0 Å². The lowest BCUT2D eigenvalue weighted by Crippen LogP contribution is -2.31. The summed E-state index contributed by atoms with van der Waals surface area (Å²) in [5.74, 6) is -0.949. The molecule has 0 spiro atoms. The van der Waals surface area contributed by atoms with E-state index in [1.165, 1.54) is 11.0 Å². The number of anilines is 1. The molecule has 3 N–H and O–H groups in total. The molecule has 2 amide bonds. The molecule has 1 aromatic heterocycles. The van der Waals surface area contributed by atoms with Gasteiger partial charge in [-0.2, -0.15) is 0 Å². The van der Waals surface area contributed by atoms with Crippen molar-refractivity contribution in [1.82, 2.24) is 4.90 Å². The first-order valence-electron chi connectivity index (χ1n) is 6.08. The van der Waals surface area contributed by atoms with Gasteiger partial charge >= 0.3 is 12.0 Å². The van der Waals surface area contributed by atoms with Gasteiger partial charge in [-0.3, -0.25) is 5.32 Å². The molecule has 0 unspecified atom stereocenters. The van der Waals surface area contributed by atoms with Gasteiger partial charge in [-0.05, 0) is 29.1 Å². The Kier molecular flexibility index (Phi) is 4.44. The molecule has 0 fully saturated rings. The summed E-state index contributed by atoms with van der Waals surface area (Å²) in [6, 6.07) is 7.63. The summed E-state index contributed by atoms with van der Waals surface area (Å²) in [5.41, 5.74) is 0.844. The van der Waals surface area contributed by atoms with Crippen LogP contribution in [0.3, 0.4) is 0 Å². The fraction of sp³-hybridized carbons (Fsp3) is 0.143. The standard InChI is InChI=1S/C14H14N2O4S/c1-16(8-9-3-2-4-10(17)7-9)14(20)15-12-11(13(18)19)5-6-21-12/h2-7,17H,8H2,1H3,(H,15,20)(H,18,19). The van der Waals surface area contributed by atoms with Gasteiger partial charge in [0.25, 0.3) is 0 Å². The van der Waals surface area contributed by atoms with E-state index in [9.17, 15) is 14.7 Å². The number of nitrogens with zero attached hydrogens (tertiary/aromatic N) is 1. The summed E-state index contributed by atoms with van der Waals surface area (Å²) in [5, 5.41) is 22.8. The highest BCUT2D eigenvalue weighted by Gasteiger charge is 2.16. The number of thiophene rings is 1. The smallest absolute Gasteiger partial charge is 0.338 e. The molecule has 1 heterocycles. The third kappa shape index (κ3) is 3.73. The number of phenolic OH excluding ortho intramolecular Hbond substituents is 1. The van der Waals surface area contributed by atoms with E-state index in [-0.39, 0.29) is 11.3 Å². The van der Waals surface area contributed by atoms with Crippen molar-refractivity contribution >= 4 is 28.3 Å². The van der Waals surface area contributed by atoms with Gasteiger partial charge in [0.15, 0.2) is 0 Å². The number of benzene rings is 1. The average Bonchev–Trinajstić information content (AvgIpc) is 2.87. The van der Waals surface area contributed by atoms with Crippen LogP contribution in [0.5, 0.6) is 5.75 Å². The van der Waals surface area contributed by atoms with E-state index >= 15 is 0 Å². The summed E-state index contributed by atoms with van der Waals surface area (Å²) < 4.78 is 0. The van der Waals surface area contributed by atoms with Crippen LogP contribution < -0.4 is 5.32 Å². The van der Waals surface area contributed by atoms with Crippen molar-refractivity contribution in [3.05, 3.63) is 46.8 Å². The number of urea groups is 1. The zero-order chi connectivity index (χ0) is 15.4. The number of phenols is 1. The van der Waals surface area contributed by atoms with Gasteiger partial charge in [-0.25, -0.2) is 9.59 Å². The number of amides is 2. The predicted octanol–water partition coefficient (Wildman–Crippen LogP) is 2.82. The van der Waals surface area contributed by atoms with Crippen molar-refractivity contribution in [1.29, 1.82) is 0 Å². The van der Waals surface area contributed by atoms with Gasteiger partial charge in [0.05, 0.1) is 5.56 Å². The maximum Gasteiger partial charge on any atom is 0.338 e. The van der Waals surface area contributed by atoms with E-state index in [0.717, 1.165) is 16.9 Å². The van der Waals surface area contributed by atoms with E-state index in [2.05, 4.69) is 5.32 Å². The first kappa shape index (κ1) is 14.9. The van der Waals surface area contributed by atoms with Crippen LogP contribution >= 0.6 is 11.3 Å². The summed E-state index contributed by atoms with van der Waals surface area (Å²) in [4.78, 5) is 24.4. The average molecular weight is 306 g/mol. The Morgan fingerprint density at radius 1 is 1.33 bits per heavy atom. The predicted molar refractivity (Wildman–Crippen MR) is 79.9 cm³/mol. The second-order valence-corrected chi connectivity index (χ2v) is 5.34. The van der Waals surface area contributed by atoms with Crippen molar-refractivity contribution < 1.29 is 19.8 Å². The first-order chi connectivity index (χ1) is 9.97. The highest BCUT2D eigenvalue weighted by molar-refractivity contribution is 7.14. The Morgan fingerprint density at radius 3 is 2.76 bits per heavy atom. The lowest BCUT2D eigenvalue weighted by molar-refractivity contribution is 0.0698. The Hall–Kier alpha value is -2.54. The topological polar surface area (TPSA) is 89.9 Å². The molecule has 6 nitrogen and oxygen atoms in total. The Labute approximate surface area is 125 Å². The Morgan fingerprint density at radius 2 is 2.10 bits per heavy atom. The van der Waals surface area contributed by atoms with Crippen LogP contribution in [0.1, 0.15) is 15.9 Å². The number of carbonyl (C=O) groups excluding carboxylic acids is 1. The van der Waals surface area contributed by atoms with Gasteiger partial charge in [0, 0.05) is 13.6 Å². The molecule has 0 aliphatic carbocycles. The fourth-order valence-corrected chi connectivity index (χ4v) is 2.54. The summed E-state index contributed by atoms with van der Waals surface area (Å²) in [6.07, 6.45) is 0. The number of carboxylic acids is 1. The molecule has 110 valence electrons. The minimum Gasteiger partial charge on any atom is -0.508 e. The second kappa shape index (κ2) is 6.27.